The fraction of sp³-hybridized carbons (Fsp3) is 0.550. The second-order valence-electron chi connectivity index (χ2n) is 6.88. The Morgan fingerprint density at radius 2 is 1.09 bits per heavy atom. The Bertz CT molecular complexity index is 633. The zero-order valence-corrected chi connectivity index (χ0v) is 18.9. The number of hydrogen-bond acceptors (Lipinski definition) is 10. The van der Waals surface area contributed by atoms with Crippen LogP contribution in [0.15, 0.2) is 30.3 Å². The predicted octanol–water partition coefficient (Wildman–Crippen LogP) is -2.44. The smallest absolute Gasteiger partial charge is 0.323 e. The summed E-state index contributed by atoms with van der Waals surface area (Å²) in [6.45, 7) is 4.05. The van der Waals surface area contributed by atoms with Crippen molar-refractivity contribution >= 4 is 17.9 Å². The third-order valence-corrected chi connectivity index (χ3v) is 3.49. The van der Waals surface area contributed by atoms with Gasteiger partial charge in [-0.3, -0.25) is 14.4 Å². The van der Waals surface area contributed by atoms with Gasteiger partial charge in [0.1, 0.15) is 18.1 Å². The summed E-state index contributed by atoms with van der Waals surface area (Å²) in [6.07, 6.45) is -2.13. The standard InChI is InChI=1S/C9H11NO2.2C4H9NO3.C3H8O2/c10-8(9(11)12)6-7-4-2-1-3-5-7;2*1-2(6)3(5)4(7)8;1-3(5)2-4/h1-5,8H,6,10H2,(H,11,12);2*2-3,6H,5H2,1H3,(H,7,8);3-5H,2H2,1H3/t8-;2*2-,3+;/m011./s1. The number of nitrogens with two attached hydrogens (primary N) is 3. The van der Waals surface area contributed by atoms with Crippen molar-refractivity contribution in [1.82, 2.24) is 0 Å². The molecule has 0 saturated heterocycles. The van der Waals surface area contributed by atoms with E-state index in [1.807, 2.05) is 30.3 Å². The van der Waals surface area contributed by atoms with E-state index in [2.05, 4.69) is 0 Å². The molecule has 33 heavy (non-hydrogen) atoms. The van der Waals surface area contributed by atoms with E-state index in [1.165, 1.54) is 20.8 Å². The molecule has 1 rings (SSSR count). The molecule has 0 spiro atoms. The summed E-state index contributed by atoms with van der Waals surface area (Å²) in [6, 6.07) is 6.23. The molecule has 13 N–H and O–H groups in total. The highest BCUT2D eigenvalue weighted by molar-refractivity contribution is 5.74. The lowest BCUT2D eigenvalue weighted by molar-refractivity contribution is -0.141. The number of carboxylic acid groups (broad SMARTS) is 3. The number of hydrogen-bond donors (Lipinski definition) is 10. The molecule has 0 radical (unpaired) electrons. The van der Waals surface area contributed by atoms with Gasteiger partial charge in [-0.05, 0) is 32.8 Å². The van der Waals surface area contributed by atoms with Crippen molar-refractivity contribution in [3.63, 3.8) is 0 Å². The number of aliphatic hydroxyl groups is 4. The van der Waals surface area contributed by atoms with E-state index < -0.39 is 54.3 Å². The summed E-state index contributed by atoms with van der Waals surface area (Å²) in [5, 5.41) is 57.6. The van der Waals surface area contributed by atoms with Crippen LogP contribution in [0.25, 0.3) is 0 Å². The van der Waals surface area contributed by atoms with Crippen molar-refractivity contribution in [3.05, 3.63) is 35.9 Å². The molecule has 0 aromatic heterocycles. The van der Waals surface area contributed by atoms with Gasteiger partial charge in [-0.15, -0.1) is 0 Å². The Hall–Kier alpha value is -2.65. The monoisotopic (exact) mass is 479 g/mol. The van der Waals surface area contributed by atoms with E-state index in [4.69, 9.17) is 52.9 Å². The molecule has 0 aliphatic rings. The molecule has 1 aromatic rings. The Morgan fingerprint density at radius 1 is 0.758 bits per heavy atom. The van der Waals surface area contributed by atoms with E-state index in [0.717, 1.165) is 5.56 Å². The van der Waals surface area contributed by atoms with E-state index >= 15 is 0 Å². The number of aliphatic carboxylic acids is 3. The number of rotatable bonds is 8. The molecule has 0 aliphatic carbocycles. The van der Waals surface area contributed by atoms with Gasteiger partial charge in [0.2, 0.25) is 0 Å². The van der Waals surface area contributed by atoms with Crippen LogP contribution in [0.3, 0.4) is 0 Å². The molecule has 192 valence electrons. The summed E-state index contributed by atoms with van der Waals surface area (Å²) in [5.74, 6) is -3.32. The lowest BCUT2D eigenvalue weighted by Gasteiger charge is -2.07. The minimum Gasteiger partial charge on any atom is -0.480 e. The Balaban J connectivity index is -0.000000382. The normalized spacial score (nSPS) is 15.2. The summed E-state index contributed by atoms with van der Waals surface area (Å²) in [5.41, 5.74) is 16.1. The van der Waals surface area contributed by atoms with Crippen molar-refractivity contribution in [2.75, 3.05) is 6.61 Å². The second-order valence-corrected chi connectivity index (χ2v) is 6.88. The largest absolute Gasteiger partial charge is 0.480 e. The Labute approximate surface area is 192 Å². The van der Waals surface area contributed by atoms with E-state index in [9.17, 15) is 14.4 Å². The number of carboxylic acids is 3. The fourth-order valence-electron chi connectivity index (χ4n) is 1.37. The number of benzene rings is 1. The van der Waals surface area contributed by atoms with Crippen LogP contribution in [-0.4, -0.2) is 96.7 Å². The average Bonchev–Trinajstić information content (AvgIpc) is 2.74. The quantitative estimate of drug-likeness (QED) is 0.186. The molecule has 0 amide bonds. The first-order chi connectivity index (χ1) is 15.1. The molecule has 1 aromatic carbocycles. The molecule has 0 heterocycles. The Morgan fingerprint density at radius 3 is 1.27 bits per heavy atom. The lowest BCUT2D eigenvalue weighted by Crippen LogP contribution is -2.39. The highest BCUT2D eigenvalue weighted by Crippen LogP contribution is 2.01. The molecule has 0 fully saturated rings. The van der Waals surface area contributed by atoms with Gasteiger partial charge >= 0.3 is 17.9 Å². The van der Waals surface area contributed by atoms with Gasteiger partial charge in [0.15, 0.2) is 0 Å². The first-order valence-electron chi connectivity index (χ1n) is 9.72. The van der Waals surface area contributed by atoms with Crippen LogP contribution in [0.1, 0.15) is 26.3 Å². The number of aliphatic hydroxyl groups excluding tert-OH is 4. The summed E-state index contributed by atoms with van der Waals surface area (Å²) < 4.78 is 0. The molecule has 0 aliphatic heterocycles. The van der Waals surface area contributed by atoms with Crippen LogP contribution in [0.4, 0.5) is 0 Å². The number of carbonyl (C=O) groups is 3. The highest BCUT2D eigenvalue weighted by atomic mass is 16.4. The van der Waals surface area contributed by atoms with E-state index in [0.29, 0.717) is 6.42 Å². The predicted molar refractivity (Wildman–Crippen MR) is 119 cm³/mol. The summed E-state index contributed by atoms with van der Waals surface area (Å²) in [4.78, 5) is 30.1. The van der Waals surface area contributed by atoms with Crippen LogP contribution in [0.5, 0.6) is 0 Å². The van der Waals surface area contributed by atoms with E-state index in [-0.39, 0.29) is 6.61 Å². The van der Waals surface area contributed by atoms with Gasteiger partial charge in [0, 0.05) is 0 Å². The maximum absolute atomic E-state index is 10.4. The van der Waals surface area contributed by atoms with Gasteiger partial charge in [0.05, 0.1) is 24.9 Å². The van der Waals surface area contributed by atoms with Gasteiger partial charge in [-0.25, -0.2) is 0 Å². The minimum absolute atomic E-state index is 0.139. The maximum atomic E-state index is 10.4. The van der Waals surface area contributed by atoms with Gasteiger partial charge in [-0.2, -0.15) is 0 Å². The van der Waals surface area contributed by atoms with Crippen molar-refractivity contribution in [3.8, 4) is 0 Å². The van der Waals surface area contributed by atoms with Crippen LogP contribution in [-0.2, 0) is 20.8 Å². The average molecular weight is 480 g/mol. The molecule has 6 atom stereocenters. The van der Waals surface area contributed by atoms with E-state index in [1.54, 1.807) is 0 Å². The fourth-order valence-corrected chi connectivity index (χ4v) is 1.37. The first-order valence-corrected chi connectivity index (χ1v) is 9.72. The second kappa shape index (κ2) is 20.0. The van der Waals surface area contributed by atoms with Crippen molar-refractivity contribution < 1.29 is 50.1 Å². The van der Waals surface area contributed by atoms with Crippen molar-refractivity contribution in [1.29, 1.82) is 0 Å². The van der Waals surface area contributed by atoms with Crippen molar-refractivity contribution in [2.24, 2.45) is 17.2 Å². The molecule has 13 nitrogen and oxygen atoms in total. The van der Waals surface area contributed by atoms with Crippen LogP contribution >= 0.6 is 0 Å². The SMILES string of the molecule is CC(O)CO.C[C@@H](O)[C@H](N)C(=O)O.C[C@@H](O)[C@H](N)C(=O)O.N[C@@H](Cc1ccccc1)C(=O)O. The van der Waals surface area contributed by atoms with Gasteiger partial charge in [0.25, 0.3) is 0 Å². The lowest BCUT2D eigenvalue weighted by atomic mass is 10.1. The molecular weight excluding hydrogens is 442 g/mol. The molecule has 0 saturated carbocycles. The molecule has 1 unspecified atom stereocenters. The van der Waals surface area contributed by atoms with Crippen LogP contribution in [0, 0.1) is 0 Å². The summed E-state index contributed by atoms with van der Waals surface area (Å²) in [7, 11) is 0. The maximum Gasteiger partial charge on any atom is 0.323 e. The van der Waals surface area contributed by atoms with Gasteiger partial charge < -0.3 is 52.9 Å². The van der Waals surface area contributed by atoms with Crippen molar-refractivity contribution in [2.45, 2.75) is 63.6 Å². The summed E-state index contributed by atoms with van der Waals surface area (Å²) >= 11 is 0. The molecular formula is C20H37N3O10. The van der Waals surface area contributed by atoms with Crippen LogP contribution in [0.2, 0.25) is 0 Å². The van der Waals surface area contributed by atoms with Gasteiger partial charge in [-0.1, -0.05) is 30.3 Å². The highest BCUT2D eigenvalue weighted by Gasteiger charge is 2.17. The topological polar surface area (TPSA) is 271 Å². The minimum atomic E-state index is -1.18. The van der Waals surface area contributed by atoms with Crippen LogP contribution < -0.4 is 17.2 Å². The molecule has 13 heteroatoms. The first kappa shape index (κ1) is 35.0. The zero-order valence-electron chi connectivity index (χ0n) is 18.9. The third kappa shape index (κ3) is 22.3. The molecule has 0 bridgehead atoms. The zero-order chi connectivity index (χ0) is 26.7. The third-order valence-electron chi connectivity index (χ3n) is 3.49. The Kier molecular flexibility index (Phi) is 21.2.